The first-order chi connectivity index (χ1) is 12.1. The maximum Gasteiger partial charge on any atom is 0.272 e. The van der Waals surface area contributed by atoms with Crippen LogP contribution < -0.4 is 0 Å². The molecule has 0 saturated carbocycles. The summed E-state index contributed by atoms with van der Waals surface area (Å²) in [6.07, 6.45) is 1.71. The van der Waals surface area contributed by atoms with Crippen molar-refractivity contribution >= 4 is 11.8 Å². The van der Waals surface area contributed by atoms with Crippen LogP contribution in [0.3, 0.4) is 0 Å². The number of amides is 2. The molecule has 6 heteroatoms. The van der Waals surface area contributed by atoms with Gasteiger partial charge in [-0.2, -0.15) is 0 Å². The van der Waals surface area contributed by atoms with Gasteiger partial charge in [-0.3, -0.25) is 9.59 Å². The molecule has 142 valence electrons. The number of aromatic nitrogens is 1. The molecule has 0 unspecified atom stereocenters. The molecule has 0 radical (unpaired) electrons. The van der Waals surface area contributed by atoms with Crippen molar-refractivity contribution in [2.75, 3.05) is 19.6 Å². The molecule has 26 heavy (non-hydrogen) atoms. The molecule has 1 N–H and O–H groups in total. The number of hydrogen-bond acceptors (Lipinski definition) is 4. The lowest BCUT2D eigenvalue weighted by atomic mass is 9.67. The molecule has 0 aromatic carbocycles. The Balaban J connectivity index is 1.71. The zero-order chi connectivity index (χ0) is 19.1. The van der Waals surface area contributed by atoms with Crippen molar-refractivity contribution in [1.29, 1.82) is 0 Å². The Morgan fingerprint density at radius 3 is 2.46 bits per heavy atom. The van der Waals surface area contributed by atoms with Gasteiger partial charge in [-0.1, -0.05) is 6.07 Å². The molecule has 1 spiro atoms. The van der Waals surface area contributed by atoms with Gasteiger partial charge in [-0.05, 0) is 57.6 Å². The summed E-state index contributed by atoms with van der Waals surface area (Å²) in [7, 11) is 0. The fourth-order valence-electron chi connectivity index (χ4n) is 4.33. The topological polar surface area (TPSA) is 73.7 Å². The number of carbonyl (C=O) groups is 2. The summed E-state index contributed by atoms with van der Waals surface area (Å²) in [6, 6.07) is 5.49. The van der Waals surface area contributed by atoms with E-state index in [0.717, 1.165) is 18.5 Å². The van der Waals surface area contributed by atoms with E-state index in [2.05, 4.69) is 4.98 Å². The number of nitrogens with zero attached hydrogens (tertiary/aromatic N) is 3. The molecular weight excluding hydrogens is 330 g/mol. The number of aliphatic hydroxyl groups excluding tert-OH is 1. The van der Waals surface area contributed by atoms with Gasteiger partial charge in [0.2, 0.25) is 5.91 Å². The lowest BCUT2D eigenvalue weighted by molar-refractivity contribution is -0.156. The average Bonchev–Trinajstić information content (AvgIpc) is 2.58. The first-order valence-electron chi connectivity index (χ1n) is 9.34. The molecule has 1 aromatic rings. The lowest BCUT2D eigenvalue weighted by Gasteiger charge is -2.55. The van der Waals surface area contributed by atoms with Gasteiger partial charge in [-0.25, -0.2) is 4.98 Å². The fraction of sp³-hybridized carbons (Fsp3) is 0.650. The molecule has 2 aliphatic rings. The van der Waals surface area contributed by atoms with Crippen LogP contribution in [0, 0.1) is 12.3 Å². The van der Waals surface area contributed by atoms with Crippen molar-refractivity contribution in [1.82, 2.24) is 14.8 Å². The van der Waals surface area contributed by atoms with Gasteiger partial charge in [0.1, 0.15) is 5.69 Å². The smallest absolute Gasteiger partial charge is 0.272 e. The second-order valence-electron chi connectivity index (χ2n) is 8.44. The summed E-state index contributed by atoms with van der Waals surface area (Å²) < 4.78 is 0. The highest BCUT2D eigenvalue weighted by Crippen LogP contribution is 2.45. The zero-order valence-corrected chi connectivity index (χ0v) is 16.2. The van der Waals surface area contributed by atoms with Gasteiger partial charge in [0.25, 0.3) is 5.91 Å². The third-order valence-electron chi connectivity index (χ3n) is 6.23. The number of likely N-dealkylation sites (tertiary alicyclic amines) is 2. The van der Waals surface area contributed by atoms with E-state index in [1.165, 1.54) is 0 Å². The molecule has 3 rings (SSSR count). The normalized spacial score (nSPS) is 24.6. The van der Waals surface area contributed by atoms with Crippen molar-refractivity contribution in [2.45, 2.75) is 58.6 Å². The minimum atomic E-state index is -0.555. The Morgan fingerprint density at radius 1 is 1.23 bits per heavy atom. The molecule has 1 aromatic heterocycles. The Bertz CT molecular complexity index is 708. The van der Waals surface area contributed by atoms with E-state index in [4.69, 9.17) is 0 Å². The molecule has 6 nitrogen and oxygen atoms in total. The average molecular weight is 359 g/mol. The molecular formula is C20H29N3O3. The highest BCUT2D eigenvalue weighted by atomic mass is 16.3. The quantitative estimate of drug-likeness (QED) is 0.832. The standard InChI is InChI=1S/C20H29N3O3/c1-14-6-5-7-16(21-14)18(26)22-10-8-20(9-11-22)12-17(25)19(3,4)23(13-20)15(2)24/h5-7,17,25H,8-13H2,1-4H3/t17-/m1/s1. The predicted molar refractivity (Wildman–Crippen MR) is 98.6 cm³/mol. The molecule has 2 fully saturated rings. The number of piperidine rings is 2. The summed E-state index contributed by atoms with van der Waals surface area (Å²) in [6.45, 7) is 9.21. The van der Waals surface area contributed by atoms with Gasteiger partial charge in [-0.15, -0.1) is 0 Å². The zero-order valence-electron chi connectivity index (χ0n) is 16.2. The number of aliphatic hydroxyl groups is 1. The van der Waals surface area contributed by atoms with Crippen molar-refractivity contribution < 1.29 is 14.7 Å². The minimum Gasteiger partial charge on any atom is -0.391 e. The maximum atomic E-state index is 12.7. The van der Waals surface area contributed by atoms with Crippen molar-refractivity contribution in [3.05, 3.63) is 29.6 Å². The van der Waals surface area contributed by atoms with E-state index < -0.39 is 11.6 Å². The number of aryl methyl sites for hydroxylation is 1. The van der Waals surface area contributed by atoms with E-state index in [1.807, 2.05) is 37.8 Å². The van der Waals surface area contributed by atoms with Crippen LogP contribution in [0.25, 0.3) is 0 Å². The fourth-order valence-corrected chi connectivity index (χ4v) is 4.33. The summed E-state index contributed by atoms with van der Waals surface area (Å²) in [4.78, 5) is 32.8. The van der Waals surface area contributed by atoms with Gasteiger partial charge in [0.15, 0.2) is 0 Å². The molecule has 0 bridgehead atoms. The second-order valence-corrected chi connectivity index (χ2v) is 8.44. The number of rotatable bonds is 1. The van der Waals surface area contributed by atoms with Crippen LogP contribution in [0.4, 0.5) is 0 Å². The van der Waals surface area contributed by atoms with E-state index >= 15 is 0 Å². The molecule has 2 saturated heterocycles. The lowest BCUT2D eigenvalue weighted by Crippen LogP contribution is -2.64. The molecule has 3 heterocycles. The Hall–Kier alpha value is -1.95. The number of hydrogen-bond donors (Lipinski definition) is 1. The van der Waals surface area contributed by atoms with E-state index in [0.29, 0.717) is 31.7 Å². The SMILES string of the molecule is CC(=O)N1CC2(CCN(C(=O)c3cccc(C)n3)CC2)C[C@@H](O)C1(C)C. The van der Waals surface area contributed by atoms with Gasteiger partial charge in [0.05, 0.1) is 11.6 Å². The summed E-state index contributed by atoms with van der Waals surface area (Å²) in [5.74, 6) is -0.0424. The highest BCUT2D eigenvalue weighted by Gasteiger charge is 2.50. The first-order valence-corrected chi connectivity index (χ1v) is 9.34. The van der Waals surface area contributed by atoms with E-state index in [-0.39, 0.29) is 17.2 Å². The van der Waals surface area contributed by atoms with Gasteiger partial charge in [0, 0.05) is 32.3 Å². The van der Waals surface area contributed by atoms with Crippen LogP contribution in [0.15, 0.2) is 18.2 Å². The molecule has 0 aliphatic carbocycles. The predicted octanol–water partition coefficient (Wildman–Crippen LogP) is 2.00. The van der Waals surface area contributed by atoms with Crippen LogP contribution in [0.1, 0.15) is 56.2 Å². The van der Waals surface area contributed by atoms with E-state index in [1.54, 1.807) is 17.9 Å². The Labute approximate surface area is 155 Å². The third-order valence-corrected chi connectivity index (χ3v) is 6.23. The van der Waals surface area contributed by atoms with Crippen LogP contribution in [0.5, 0.6) is 0 Å². The second kappa shape index (κ2) is 6.65. The largest absolute Gasteiger partial charge is 0.391 e. The van der Waals surface area contributed by atoms with Crippen molar-refractivity contribution in [2.24, 2.45) is 5.41 Å². The van der Waals surface area contributed by atoms with Crippen LogP contribution >= 0.6 is 0 Å². The van der Waals surface area contributed by atoms with Crippen LogP contribution in [0.2, 0.25) is 0 Å². The van der Waals surface area contributed by atoms with Crippen LogP contribution in [-0.2, 0) is 4.79 Å². The Morgan fingerprint density at radius 2 is 1.88 bits per heavy atom. The highest BCUT2D eigenvalue weighted by molar-refractivity contribution is 5.92. The molecule has 1 atom stereocenters. The minimum absolute atomic E-state index is 0.00408. The van der Waals surface area contributed by atoms with E-state index in [9.17, 15) is 14.7 Å². The number of pyridine rings is 1. The Kier molecular flexibility index (Phi) is 4.82. The first kappa shape index (κ1) is 18.8. The van der Waals surface area contributed by atoms with Crippen molar-refractivity contribution in [3.63, 3.8) is 0 Å². The monoisotopic (exact) mass is 359 g/mol. The number of carbonyl (C=O) groups excluding carboxylic acids is 2. The summed E-state index contributed by atoms with van der Waals surface area (Å²) >= 11 is 0. The molecule has 2 aliphatic heterocycles. The van der Waals surface area contributed by atoms with Gasteiger partial charge < -0.3 is 14.9 Å². The molecule has 2 amide bonds. The maximum absolute atomic E-state index is 12.7. The van der Waals surface area contributed by atoms with Gasteiger partial charge >= 0.3 is 0 Å². The van der Waals surface area contributed by atoms with Crippen molar-refractivity contribution in [3.8, 4) is 0 Å². The summed E-state index contributed by atoms with van der Waals surface area (Å²) in [5.41, 5.74) is 0.655. The third kappa shape index (κ3) is 3.34. The van der Waals surface area contributed by atoms with Crippen LogP contribution in [-0.4, -0.2) is 63.0 Å². The summed E-state index contributed by atoms with van der Waals surface area (Å²) in [5, 5.41) is 10.7.